The van der Waals surface area contributed by atoms with Crippen molar-refractivity contribution >= 4 is 16.6 Å². The first kappa shape index (κ1) is 10.4. The molecule has 0 spiro atoms. The molecule has 0 aliphatic heterocycles. The Labute approximate surface area is 91.8 Å². The molecule has 0 bridgehead atoms. The van der Waals surface area contributed by atoms with Crippen LogP contribution in [-0.2, 0) is 0 Å². The lowest BCUT2D eigenvalue weighted by Gasteiger charge is -2.04. The Hall–Kier alpha value is -2.17. The van der Waals surface area contributed by atoms with Gasteiger partial charge in [0.1, 0.15) is 11.3 Å². The molecule has 0 atom stereocenters. The van der Waals surface area contributed by atoms with Gasteiger partial charge in [-0.2, -0.15) is 0 Å². The highest BCUT2D eigenvalue weighted by Crippen LogP contribution is 2.29. The Morgan fingerprint density at radius 2 is 2.12 bits per heavy atom. The Balaban J connectivity index is 2.81. The zero-order valence-electron chi connectivity index (χ0n) is 8.93. The van der Waals surface area contributed by atoms with Crippen LogP contribution in [0, 0.1) is 17.0 Å². The zero-order valence-corrected chi connectivity index (χ0v) is 8.93. The van der Waals surface area contributed by atoms with Crippen molar-refractivity contribution in [1.82, 2.24) is 4.98 Å². The first-order valence-corrected chi connectivity index (χ1v) is 4.70. The van der Waals surface area contributed by atoms with Crippen LogP contribution in [0.4, 0.5) is 5.69 Å². The Morgan fingerprint density at radius 3 is 2.75 bits per heavy atom. The molecular formula is C11H10N2O3. The molecule has 0 fully saturated rings. The number of aryl methyl sites for hydroxylation is 1. The molecule has 5 nitrogen and oxygen atoms in total. The van der Waals surface area contributed by atoms with Gasteiger partial charge >= 0.3 is 0 Å². The lowest BCUT2D eigenvalue weighted by molar-refractivity contribution is -0.383. The maximum Gasteiger partial charge on any atom is 0.299 e. The van der Waals surface area contributed by atoms with Crippen LogP contribution in [-0.4, -0.2) is 17.0 Å². The van der Waals surface area contributed by atoms with Crippen molar-refractivity contribution in [2.75, 3.05) is 7.11 Å². The van der Waals surface area contributed by atoms with Gasteiger partial charge in [0.15, 0.2) is 0 Å². The molecular weight excluding hydrogens is 208 g/mol. The van der Waals surface area contributed by atoms with Crippen LogP contribution >= 0.6 is 0 Å². The number of nitro benzene ring substituents is 1. The molecule has 82 valence electrons. The van der Waals surface area contributed by atoms with Gasteiger partial charge in [0, 0.05) is 11.6 Å². The molecule has 0 saturated heterocycles. The largest absolute Gasteiger partial charge is 0.496 e. The summed E-state index contributed by atoms with van der Waals surface area (Å²) in [7, 11) is 1.48. The van der Waals surface area contributed by atoms with Crippen molar-refractivity contribution in [2.45, 2.75) is 6.92 Å². The summed E-state index contributed by atoms with van der Waals surface area (Å²) in [6.45, 7) is 1.89. The second kappa shape index (κ2) is 3.77. The standard InChI is InChI=1S/C11H10N2O3/c1-7-3-8-4-9(16-2)5-10(13(14)15)11(8)12-6-7/h3-6H,1-2H3. The summed E-state index contributed by atoms with van der Waals surface area (Å²) in [6, 6.07) is 4.96. The summed E-state index contributed by atoms with van der Waals surface area (Å²) in [4.78, 5) is 14.5. The van der Waals surface area contributed by atoms with Crippen LogP contribution < -0.4 is 4.74 Å². The summed E-state index contributed by atoms with van der Waals surface area (Å²) in [5.41, 5.74) is 1.31. The van der Waals surface area contributed by atoms with E-state index in [1.807, 2.05) is 13.0 Å². The zero-order chi connectivity index (χ0) is 11.7. The van der Waals surface area contributed by atoms with Gasteiger partial charge in [-0.05, 0) is 24.6 Å². The molecule has 1 heterocycles. The number of nitro groups is 1. The maximum atomic E-state index is 10.9. The lowest BCUT2D eigenvalue weighted by Crippen LogP contribution is -1.94. The van der Waals surface area contributed by atoms with E-state index in [2.05, 4.69) is 4.98 Å². The molecule has 2 rings (SSSR count). The smallest absolute Gasteiger partial charge is 0.299 e. The highest BCUT2D eigenvalue weighted by atomic mass is 16.6. The van der Waals surface area contributed by atoms with Crippen LogP contribution in [0.5, 0.6) is 5.75 Å². The van der Waals surface area contributed by atoms with E-state index in [1.165, 1.54) is 13.2 Å². The van der Waals surface area contributed by atoms with Gasteiger partial charge in [0.25, 0.3) is 5.69 Å². The van der Waals surface area contributed by atoms with Crippen LogP contribution in [0.25, 0.3) is 10.9 Å². The van der Waals surface area contributed by atoms with E-state index in [9.17, 15) is 10.1 Å². The van der Waals surface area contributed by atoms with Crippen LogP contribution in [0.2, 0.25) is 0 Å². The van der Waals surface area contributed by atoms with Crippen LogP contribution in [0.15, 0.2) is 24.4 Å². The molecule has 2 aromatic rings. The lowest BCUT2D eigenvalue weighted by atomic mass is 10.1. The quantitative estimate of drug-likeness (QED) is 0.573. The summed E-state index contributed by atoms with van der Waals surface area (Å²) in [5.74, 6) is 0.464. The Kier molecular flexibility index (Phi) is 2.44. The van der Waals surface area contributed by atoms with Crippen molar-refractivity contribution in [2.24, 2.45) is 0 Å². The van der Waals surface area contributed by atoms with Crippen LogP contribution in [0.3, 0.4) is 0 Å². The molecule has 0 radical (unpaired) electrons. The fraction of sp³-hybridized carbons (Fsp3) is 0.182. The van der Waals surface area contributed by atoms with Crippen molar-refractivity contribution < 1.29 is 9.66 Å². The summed E-state index contributed by atoms with van der Waals surface area (Å²) < 4.78 is 5.02. The Bertz CT molecular complexity index is 566. The number of ether oxygens (including phenoxy) is 1. The number of hydrogen-bond acceptors (Lipinski definition) is 4. The van der Waals surface area contributed by atoms with Gasteiger partial charge in [-0.15, -0.1) is 0 Å². The summed E-state index contributed by atoms with van der Waals surface area (Å²) in [5, 5.41) is 11.6. The predicted octanol–water partition coefficient (Wildman–Crippen LogP) is 2.46. The Morgan fingerprint density at radius 1 is 1.38 bits per heavy atom. The van der Waals surface area contributed by atoms with Gasteiger partial charge in [0.2, 0.25) is 0 Å². The van der Waals surface area contributed by atoms with E-state index in [0.717, 1.165) is 5.56 Å². The van der Waals surface area contributed by atoms with Gasteiger partial charge in [-0.25, -0.2) is 4.98 Å². The second-order valence-corrected chi connectivity index (χ2v) is 3.49. The van der Waals surface area contributed by atoms with E-state index in [1.54, 1.807) is 12.3 Å². The summed E-state index contributed by atoms with van der Waals surface area (Å²) >= 11 is 0. The molecule has 0 aliphatic rings. The number of methoxy groups -OCH3 is 1. The van der Waals surface area contributed by atoms with E-state index < -0.39 is 4.92 Å². The second-order valence-electron chi connectivity index (χ2n) is 3.49. The van der Waals surface area contributed by atoms with E-state index in [0.29, 0.717) is 16.7 Å². The fourth-order valence-corrected chi connectivity index (χ4v) is 1.57. The number of hydrogen-bond donors (Lipinski definition) is 0. The minimum atomic E-state index is -0.451. The normalized spacial score (nSPS) is 10.4. The van der Waals surface area contributed by atoms with Crippen molar-refractivity contribution in [3.63, 3.8) is 0 Å². The minimum Gasteiger partial charge on any atom is -0.496 e. The van der Waals surface area contributed by atoms with Gasteiger partial charge in [0.05, 0.1) is 18.1 Å². The van der Waals surface area contributed by atoms with E-state index >= 15 is 0 Å². The van der Waals surface area contributed by atoms with Crippen LogP contribution in [0.1, 0.15) is 5.56 Å². The molecule has 5 heteroatoms. The summed E-state index contributed by atoms with van der Waals surface area (Å²) in [6.07, 6.45) is 1.61. The maximum absolute atomic E-state index is 10.9. The van der Waals surface area contributed by atoms with Gasteiger partial charge < -0.3 is 4.74 Å². The first-order valence-electron chi connectivity index (χ1n) is 4.70. The fourth-order valence-electron chi connectivity index (χ4n) is 1.57. The average Bonchev–Trinajstić information content (AvgIpc) is 2.26. The number of aromatic nitrogens is 1. The topological polar surface area (TPSA) is 65.3 Å². The average molecular weight is 218 g/mol. The highest BCUT2D eigenvalue weighted by molar-refractivity contribution is 5.88. The number of benzene rings is 1. The predicted molar refractivity (Wildman–Crippen MR) is 59.7 cm³/mol. The third-order valence-corrected chi connectivity index (χ3v) is 2.31. The first-order chi connectivity index (χ1) is 7.61. The number of fused-ring (bicyclic) bond motifs is 1. The van der Waals surface area contributed by atoms with Gasteiger partial charge in [-0.3, -0.25) is 10.1 Å². The number of pyridine rings is 1. The van der Waals surface area contributed by atoms with Crippen molar-refractivity contribution in [3.05, 3.63) is 40.1 Å². The third kappa shape index (κ3) is 1.67. The molecule has 0 amide bonds. The van der Waals surface area contributed by atoms with E-state index in [-0.39, 0.29) is 5.69 Å². The number of non-ortho nitro benzene ring substituents is 1. The van der Waals surface area contributed by atoms with Gasteiger partial charge in [-0.1, -0.05) is 0 Å². The molecule has 0 unspecified atom stereocenters. The number of nitrogens with zero attached hydrogens (tertiary/aromatic N) is 2. The molecule has 1 aromatic carbocycles. The molecule has 0 N–H and O–H groups in total. The molecule has 16 heavy (non-hydrogen) atoms. The van der Waals surface area contributed by atoms with Crippen molar-refractivity contribution in [3.8, 4) is 5.75 Å². The molecule has 1 aromatic heterocycles. The third-order valence-electron chi connectivity index (χ3n) is 2.31. The minimum absolute atomic E-state index is 0.0330. The SMILES string of the molecule is COc1cc([N+](=O)[O-])c2ncc(C)cc2c1. The molecule has 0 aliphatic carbocycles. The molecule has 0 saturated carbocycles. The number of rotatable bonds is 2. The monoisotopic (exact) mass is 218 g/mol. The highest BCUT2D eigenvalue weighted by Gasteiger charge is 2.15. The van der Waals surface area contributed by atoms with E-state index in [4.69, 9.17) is 4.74 Å². The van der Waals surface area contributed by atoms with Crippen molar-refractivity contribution in [1.29, 1.82) is 0 Å².